The van der Waals surface area contributed by atoms with Gasteiger partial charge < -0.3 is 11.1 Å². The van der Waals surface area contributed by atoms with Crippen LogP contribution in [0.4, 0.5) is 5.69 Å². The SMILES string of the molecule is Cc1cc(C)cc(NC(=O)c2csc(CCN)n2)c1. The molecule has 1 heterocycles. The van der Waals surface area contributed by atoms with Gasteiger partial charge >= 0.3 is 0 Å². The van der Waals surface area contributed by atoms with Gasteiger partial charge in [0.05, 0.1) is 5.01 Å². The molecule has 1 aromatic heterocycles. The monoisotopic (exact) mass is 275 g/mol. The molecule has 0 bridgehead atoms. The van der Waals surface area contributed by atoms with Gasteiger partial charge in [0.2, 0.25) is 0 Å². The molecule has 0 aliphatic rings. The van der Waals surface area contributed by atoms with Crippen molar-refractivity contribution in [1.29, 1.82) is 0 Å². The van der Waals surface area contributed by atoms with Crippen molar-refractivity contribution in [3.63, 3.8) is 0 Å². The number of rotatable bonds is 4. The number of hydrogen-bond donors (Lipinski definition) is 2. The predicted molar refractivity (Wildman–Crippen MR) is 78.7 cm³/mol. The molecule has 4 nitrogen and oxygen atoms in total. The third kappa shape index (κ3) is 3.62. The van der Waals surface area contributed by atoms with E-state index in [1.165, 1.54) is 11.3 Å². The van der Waals surface area contributed by atoms with Crippen molar-refractivity contribution in [3.05, 3.63) is 45.4 Å². The molecule has 19 heavy (non-hydrogen) atoms. The zero-order chi connectivity index (χ0) is 13.8. The van der Waals surface area contributed by atoms with Crippen molar-refractivity contribution in [2.24, 2.45) is 5.73 Å². The van der Waals surface area contributed by atoms with Crippen LogP contribution < -0.4 is 11.1 Å². The molecule has 1 amide bonds. The van der Waals surface area contributed by atoms with Crippen molar-refractivity contribution in [2.75, 3.05) is 11.9 Å². The van der Waals surface area contributed by atoms with Crippen LogP contribution in [0.2, 0.25) is 0 Å². The summed E-state index contributed by atoms with van der Waals surface area (Å²) in [7, 11) is 0. The maximum absolute atomic E-state index is 12.1. The van der Waals surface area contributed by atoms with E-state index in [9.17, 15) is 4.79 Å². The van der Waals surface area contributed by atoms with Gasteiger partial charge in [-0.2, -0.15) is 0 Å². The standard InChI is InChI=1S/C14H17N3OS/c1-9-5-10(2)7-11(6-9)16-14(18)12-8-19-13(17-12)3-4-15/h5-8H,3-4,15H2,1-2H3,(H,16,18). The topological polar surface area (TPSA) is 68.0 Å². The zero-order valence-electron chi connectivity index (χ0n) is 11.1. The third-order valence-corrected chi connectivity index (χ3v) is 3.53. The van der Waals surface area contributed by atoms with Gasteiger partial charge in [0.1, 0.15) is 5.69 Å². The van der Waals surface area contributed by atoms with Gasteiger partial charge in [0, 0.05) is 17.5 Å². The molecule has 0 atom stereocenters. The van der Waals surface area contributed by atoms with E-state index < -0.39 is 0 Å². The third-order valence-electron chi connectivity index (χ3n) is 2.62. The maximum atomic E-state index is 12.1. The Labute approximate surface area is 116 Å². The Bertz CT molecular complexity index is 572. The van der Waals surface area contributed by atoms with Crippen molar-refractivity contribution in [2.45, 2.75) is 20.3 Å². The number of aromatic nitrogens is 1. The van der Waals surface area contributed by atoms with Gasteiger partial charge in [0.15, 0.2) is 0 Å². The number of carbonyl (C=O) groups excluding carboxylic acids is 1. The molecule has 0 radical (unpaired) electrons. The van der Waals surface area contributed by atoms with Crippen LogP contribution in [-0.4, -0.2) is 17.4 Å². The van der Waals surface area contributed by atoms with Gasteiger partial charge in [-0.15, -0.1) is 11.3 Å². The Kier molecular flexibility index (Phi) is 4.29. The number of benzene rings is 1. The van der Waals surface area contributed by atoms with E-state index in [2.05, 4.69) is 16.4 Å². The number of anilines is 1. The molecule has 0 aliphatic carbocycles. The largest absolute Gasteiger partial charge is 0.330 e. The molecule has 0 saturated heterocycles. The summed E-state index contributed by atoms with van der Waals surface area (Å²) in [5.74, 6) is -0.176. The van der Waals surface area contributed by atoms with Crippen LogP contribution in [0.25, 0.3) is 0 Å². The van der Waals surface area contributed by atoms with Gasteiger partial charge in [-0.05, 0) is 43.7 Å². The Morgan fingerprint density at radius 3 is 2.63 bits per heavy atom. The van der Waals surface area contributed by atoms with Gasteiger partial charge in [-0.25, -0.2) is 4.98 Å². The number of nitrogens with two attached hydrogens (primary N) is 1. The second-order valence-electron chi connectivity index (χ2n) is 4.50. The average Bonchev–Trinajstić information content (AvgIpc) is 2.76. The summed E-state index contributed by atoms with van der Waals surface area (Å²) < 4.78 is 0. The fourth-order valence-electron chi connectivity index (χ4n) is 1.90. The lowest BCUT2D eigenvalue weighted by Crippen LogP contribution is -2.13. The lowest BCUT2D eigenvalue weighted by molar-refractivity contribution is 0.102. The smallest absolute Gasteiger partial charge is 0.275 e. The van der Waals surface area contributed by atoms with Crippen LogP contribution in [0.5, 0.6) is 0 Å². The minimum Gasteiger partial charge on any atom is -0.330 e. The molecule has 1 aromatic carbocycles. The van der Waals surface area contributed by atoms with Crippen molar-refractivity contribution in [3.8, 4) is 0 Å². The van der Waals surface area contributed by atoms with E-state index in [0.29, 0.717) is 18.7 Å². The van der Waals surface area contributed by atoms with Crippen LogP contribution in [-0.2, 0) is 6.42 Å². The molecule has 5 heteroatoms. The highest BCUT2D eigenvalue weighted by atomic mass is 32.1. The van der Waals surface area contributed by atoms with Crippen LogP contribution in [0.15, 0.2) is 23.6 Å². The van der Waals surface area contributed by atoms with Crippen molar-refractivity contribution < 1.29 is 4.79 Å². The molecule has 0 spiro atoms. The lowest BCUT2D eigenvalue weighted by Gasteiger charge is -2.06. The van der Waals surface area contributed by atoms with E-state index in [0.717, 1.165) is 21.8 Å². The maximum Gasteiger partial charge on any atom is 0.275 e. The zero-order valence-corrected chi connectivity index (χ0v) is 11.9. The molecule has 100 valence electrons. The van der Waals surface area contributed by atoms with Crippen LogP contribution in [0, 0.1) is 13.8 Å². The van der Waals surface area contributed by atoms with E-state index in [1.807, 2.05) is 26.0 Å². The number of thiazole rings is 1. The van der Waals surface area contributed by atoms with Crippen LogP contribution in [0.3, 0.4) is 0 Å². The first-order valence-corrected chi connectivity index (χ1v) is 7.00. The van der Waals surface area contributed by atoms with Crippen LogP contribution in [0.1, 0.15) is 26.6 Å². The first-order chi connectivity index (χ1) is 9.08. The van der Waals surface area contributed by atoms with E-state index in [-0.39, 0.29) is 5.91 Å². The van der Waals surface area contributed by atoms with Crippen LogP contribution >= 0.6 is 11.3 Å². The molecule has 0 unspecified atom stereocenters. The summed E-state index contributed by atoms with van der Waals surface area (Å²) in [5.41, 5.74) is 8.97. The number of carbonyl (C=O) groups is 1. The van der Waals surface area contributed by atoms with E-state index >= 15 is 0 Å². The summed E-state index contributed by atoms with van der Waals surface area (Å²) in [6.07, 6.45) is 0.710. The Morgan fingerprint density at radius 1 is 1.32 bits per heavy atom. The molecule has 2 rings (SSSR count). The second kappa shape index (κ2) is 5.95. The predicted octanol–water partition coefficient (Wildman–Crippen LogP) is 2.51. The molecule has 0 saturated carbocycles. The van der Waals surface area contributed by atoms with Crippen molar-refractivity contribution >= 4 is 22.9 Å². The highest BCUT2D eigenvalue weighted by molar-refractivity contribution is 7.09. The lowest BCUT2D eigenvalue weighted by atomic mass is 10.1. The molecule has 0 fully saturated rings. The van der Waals surface area contributed by atoms with E-state index in [1.54, 1.807) is 5.38 Å². The normalized spacial score (nSPS) is 10.5. The highest BCUT2D eigenvalue weighted by Crippen LogP contribution is 2.16. The van der Waals surface area contributed by atoms with Gasteiger partial charge in [0.25, 0.3) is 5.91 Å². The first kappa shape index (κ1) is 13.7. The minimum atomic E-state index is -0.176. The summed E-state index contributed by atoms with van der Waals surface area (Å²) in [6, 6.07) is 5.95. The number of hydrogen-bond acceptors (Lipinski definition) is 4. The minimum absolute atomic E-state index is 0.176. The Morgan fingerprint density at radius 2 is 2.00 bits per heavy atom. The second-order valence-corrected chi connectivity index (χ2v) is 5.44. The van der Waals surface area contributed by atoms with E-state index in [4.69, 9.17) is 5.73 Å². The molecule has 2 aromatic rings. The van der Waals surface area contributed by atoms with Gasteiger partial charge in [-0.1, -0.05) is 6.07 Å². The Balaban J connectivity index is 2.11. The summed E-state index contributed by atoms with van der Waals surface area (Å²) in [6.45, 7) is 4.56. The number of nitrogens with one attached hydrogen (secondary N) is 1. The first-order valence-electron chi connectivity index (χ1n) is 6.12. The molecule has 0 aliphatic heterocycles. The molecular weight excluding hydrogens is 258 g/mol. The summed E-state index contributed by atoms with van der Waals surface area (Å²) in [4.78, 5) is 16.3. The number of aryl methyl sites for hydroxylation is 2. The fourth-order valence-corrected chi connectivity index (χ4v) is 2.69. The number of amides is 1. The molecule has 3 N–H and O–H groups in total. The number of nitrogens with zero attached hydrogens (tertiary/aromatic N) is 1. The highest BCUT2D eigenvalue weighted by Gasteiger charge is 2.11. The quantitative estimate of drug-likeness (QED) is 0.901. The summed E-state index contributed by atoms with van der Waals surface area (Å²) in [5, 5.41) is 5.53. The average molecular weight is 275 g/mol. The molecular formula is C14H17N3OS. The van der Waals surface area contributed by atoms with Gasteiger partial charge in [-0.3, -0.25) is 4.79 Å². The Hall–Kier alpha value is -1.72. The summed E-state index contributed by atoms with van der Waals surface area (Å²) >= 11 is 1.47. The fraction of sp³-hybridized carbons (Fsp3) is 0.286. The van der Waals surface area contributed by atoms with Crippen molar-refractivity contribution in [1.82, 2.24) is 4.98 Å².